The van der Waals surface area contributed by atoms with Crippen LogP contribution in [-0.2, 0) is 23.8 Å². The highest BCUT2D eigenvalue weighted by atomic mass is 16.6. The fraction of sp³-hybridized carbons (Fsp3) is 0.500. The first-order valence-corrected chi connectivity index (χ1v) is 6.48. The van der Waals surface area contributed by atoms with Crippen LogP contribution in [0.5, 0.6) is 0 Å². The van der Waals surface area contributed by atoms with Gasteiger partial charge >= 0.3 is 11.9 Å². The number of hydrazone groups is 1. The Morgan fingerprint density at radius 2 is 1.90 bits per heavy atom. The molecule has 3 rings (SSSR count). The number of carbonyl (C=O) groups excluding carboxylic acids is 2. The molecule has 7 nitrogen and oxygen atoms in total. The molecule has 1 saturated carbocycles. The standard InChI is InChI=1S/C14H16N2O5/c1-19-10(17)9-12-6-4-5-7-13(12,8-12)14(21-3,16-15-9)11(18)20-2/h4-7,16H,8H2,1-3H3. The van der Waals surface area contributed by atoms with Crippen LogP contribution < -0.4 is 5.43 Å². The third-order valence-electron chi connectivity index (χ3n) is 4.64. The van der Waals surface area contributed by atoms with Crippen LogP contribution in [-0.4, -0.2) is 44.7 Å². The van der Waals surface area contributed by atoms with E-state index in [-0.39, 0.29) is 5.71 Å². The molecule has 1 fully saturated rings. The van der Waals surface area contributed by atoms with Crippen molar-refractivity contribution in [2.24, 2.45) is 15.9 Å². The molecule has 7 heteroatoms. The molecule has 0 saturated heterocycles. The van der Waals surface area contributed by atoms with Gasteiger partial charge in [0.15, 0.2) is 5.71 Å². The van der Waals surface area contributed by atoms with Crippen molar-refractivity contribution in [1.82, 2.24) is 5.43 Å². The van der Waals surface area contributed by atoms with E-state index in [2.05, 4.69) is 10.5 Å². The molecule has 0 aromatic carbocycles. The summed E-state index contributed by atoms with van der Waals surface area (Å²) in [6, 6.07) is 0. The maximum Gasteiger partial charge on any atom is 0.361 e. The van der Waals surface area contributed by atoms with E-state index in [1.807, 2.05) is 24.3 Å². The SMILES string of the molecule is COC(=O)C1=NNC(OC)(C(=O)OC)C23C=CC=CC12C3. The summed E-state index contributed by atoms with van der Waals surface area (Å²) >= 11 is 0. The van der Waals surface area contributed by atoms with Crippen molar-refractivity contribution in [3.63, 3.8) is 0 Å². The Balaban J connectivity index is 2.17. The molecule has 0 aromatic rings. The summed E-state index contributed by atoms with van der Waals surface area (Å²) in [6.07, 6.45) is 7.88. The minimum absolute atomic E-state index is 0.238. The number of hydrogen-bond acceptors (Lipinski definition) is 7. The van der Waals surface area contributed by atoms with Gasteiger partial charge in [-0.3, -0.25) is 5.43 Å². The summed E-state index contributed by atoms with van der Waals surface area (Å²) in [5.41, 5.74) is 0.00780. The van der Waals surface area contributed by atoms with Crippen LogP contribution in [0.4, 0.5) is 0 Å². The van der Waals surface area contributed by atoms with E-state index >= 15 is 0 Å². The summed E-state index contributed by atoms with van der Waals surface area (Å²) in [6.45, 7) is 0. The fourth-order valence-electron chi connectivity index (χ4n) is 3.52. The summed E-state index contributed by atoms with van der Waals surface area (Å²) in [4.78, 5) is 24.3. The molecule has 0 amide bonds. The normalized spacial score (nSPS) is 38.5. The lowest BCUT2D eigenvalue weighted by molar-refractivity contribution is -0.182. The molecule has 112 valence electrons. The molecule has 0 radical (unpaired) electrons. The lowest BCUT2D eigenvalue weighted by atomic mass is 9.76. The molecule has 21 heavy (non-hydrogen) atoms. The highest BCUT2D eigenvalue weighted by Crippen LogP contribution is 2.74. The van der Waals surface area contributed by atoms with E-state index < -0.39 is 28.5 Å². The van der Waals surface area contributed by atoms with E-state index in [0.717, 1.165) is 0 Å². The Hall–Kier alpha value is -2.15. The van der Waals surface area contributed by atoms with Crippen LogP contribution in [0.1, 0.15) is 6.42 Å². The van der Waals surface area contributed by atoms with Gasteiger partial charge in [-0.1, -0.05) is 24.3 Å². The number of ether oxygens (including phenoxy) is 3. The van der Waals surface area contributed by atoms with Gasteiger partial charge in [0.25, 0.3) is 5.72 Å². The van der Waals surface area contributed by atoms with Gasteiger partial charge in [-0.05, 0) is 6.42 Å². The van der Waals surface area contributed by atoms with Crippen LogP contribution in [0.15, 0.2) is 29.4 Å². The van der Waals surface area contributed by atoms with Crippen molar-refractivity contribution in [2.75, 3.05) is 21.3 Å². The first-order chi connectivity index (χ1) is 10.0. The Bertz CT molecular complexity index is 610. The zero-order valence-corrected chi connectivity index (χ0v) is 12.0. The van der Waals surface area contributed by atoms with Gasteiger partial charge in [-0.15, -0.1) is 0 Å². The smallest absolute Gasteiger partial charge is 0.361 e. The summed E-state index contributed by atoms with van der Waals surface area (Å²) in [5.74, 6) is -1.11. The number of rotatable bonds is 3. The van der Waals surface area contributed by atoms with Gasteiger partial charge in [0.2, 0.25) is 0 Å². The second kappa shape index (κ2) is 4.17. The molecule has 2 aliphatic carbocycles. The summed E-state index contributed by atoms with van der Waals surface area (Å²) in [5, 5.41) is 4.07. The number of allylic oxidation sites excluding steroid dienone is 3. The average molecular weight is 292 g/mol. The topological polar surface area (TPSA) is 86.2 Å². The second-order valence-electron chi connectivity index (χ2n) is 5.28. The summed E-state index contributed by atoms with van der Waals surface area (Å²) in [7, 11) is 3.99. The Morgan fingerprint density at radius 1 is 1.19 bits per heavy atom. The minimum atomic E-state index is -1.46. The maximum atomic E-state index is 12.3. The number of carbonyl (C=O) groups is 2. The van der Waals surface area contributed by atoms with E-state index in [1.54, 1.807) is 0 Å². The molecule has 1 N–H and O–H groups in total. The predicted molar refractivity (Wildman–Crippen MR) is 72.1 cm³/mol. The predicted octanol–water partition coefficient (Wildman–Crippen LogP) is 0.137. The van der Waals surface area contributed by atoms with Crippen LogP contribution in [0.2, 0.25) is 0 Å². The molecule has 1 heterocycles. The van der Waals surface area contributed by atoms with Gasteiger partial charge in [0, 0.05) is 7.11 Å². The number of nitrogens with zero attached hydrogens (tertiary/aromatic N) is 1. The first-order valence-electron chi connectivity index (χ1n) is 6.48. The number of esters is 2. The van der Waals surface area contributed by atoms with E-state index in [1.165, 1.54) is 21.3 Å². The van der Waals surface area contributed by atoms with Crippen LogP contribution in [0.3, 0.4) is 0 Å². The third-order valence-corrected chi connectivity index (χ3v) is 4.64. The zero-order chi connectivity index (χ0) is 15.3. The van der Waals surface area contributed by atoms with Crippen LogP contribution in [0.25, 0.3) is 0 Å². The molecule has 0 aromatic heterocycles. The Morgan fingerprint density at radius 3 is 2.52 bits per heavy atom. The third kappa shape index (κ3) is 1.34. The van der Waals surface area contributed by atoms with Crippen molar-refractivity contribution >= 4 is 17.7 Å². The quantitative estimate of drug-likeness (QED) is 0.744. The highest BCUT2D eigenvalue weighted by molar-refractivity contribution is 6.40. The molecule has 1 aliphatic heterocycles. The first kappa shape index (κ1) is 13.8. The van der Waals surface area contributed by atoms with Gasteiger partial charge in [0.1, 0.15) is 0 Å². The molecular weight excluding hydrogens is 276 g/mol. The Kier molecular flexibility index (Phi) is 2.75. The number of hydrogen-bond donors (Lipinski definition) is 1. The van der Waals surface area contributed by atoms with E-state index in [9.17, 15) is 9.59 Å². The van der Waals surface area contributed by atoms with Crippen LogP contribution in [0, 0.1) is 10.8 Å². The highest BCUT2D eigenvalue weighted by Gasteiger charge is 2.83. The van der Waals surface area contributed by atoms with Crippen molar-refractivity contribution in [2.45, 2.75) is 12.1 Å². The van der Waals surface area contributed by atoms with E-state index in [4.69, 9.17) is 14.2 Å². The Labute approximate surface area is 121 Å². The second-order valence-corrected chi connectivity index (χ2v) is 5.28. The van der Waals surface area contributed by atoms with Crippen molar-refractivity contribution in [3.8, 4) is 0 Å². The monoisotopic (exact) mass is 292 g/mol. The molecule has 3 aliphatic rings. The average Bonchev–Trinajstić information content (AvgIpc) is 3.23. The van der Waals surface area contributed by atoms with Gasteiger partial charge in [-0.2, -0.15) is 5.10 Å². The number of nitrogens with one attached hydrogen (secondary N) is 1. The molecule has 3 unspecified atom stereocenters. The molecule has 0 spiro atoms. The van der Waals surface area contributed by atoms with Crippen molar-refractivity contribution in [3.05, 3.63) is 24.3 Å². The number of methoxy groups -OCH3 is 3. The largest absolute Gasteiger partial charge is 0.465 e. The van der Waals surface area contributed by atoms with Crippen LogP contribution >= 0.6 is 0 Å². The van der Waals surface area contributed by atoms with Crippen molar-refractivity contribution < 1.29 is 23.8 Å². The maximum absolute atomic E-state index is 12.3. The minimum Gasteiger partial charge on any atom is -0.465 e. The van der Waals surface area contributed by atoms with Gasteiger partial charge in [-0.25, -0.2) is 9.59 Å². The molecule has 0 bridgehead atoms. The summed E-state index contributed by atoms with van der Waals surface area (Å²) < 4.78 is 15.1. The molecule has 3 atom stereocenters. The van der Waals surface area contributed by atoms with Gasteiger partial charge < -0.3 is 14.2 Å². The molecular formula is C14H16N2O5. The zero-order valence-electron chi connectivity index (χ0n) is 12.0. The lowest BCUT2D eigenvalue weighted by Crippen LogP contribution is -2.64. The van der Waals surface area contributed by atoms with Crippen molar-refractivity contribution in [1.29, 1.82) is 0 Å². The van der Waals surface area contributed by atoms with E-state index in [0.29, 0.717) is 6.42 Å². The van der Waals surface area contributed by atoms with Gasteiger partial charge in [0.05, 0.1) is 25.0 Å². The fourth-order valence-corrected chi connectivity index (χ4v) is 3.52. The lowest BCUT2D eigenvalue weighted by Gasteiger charge is -2.41.